The Labute approximate surface area is 118 Å². The second-order valence-electron chi connectivity index (χ2n) is 5.13. The molecule has 20 heavy (non-hydrogen) atoms. The highest BCUT2D eigenvalue weighted by atomic mass is 16.5. The lowest BCUT2D eigenvalue weighted by molar-refractivity contribution is -0.145. The molecule has 2 aromatic heterocycles. The molecule has 1 unspecified atom stereocenters. The van der Waals surface area contributed by atoms with Crippen molar-refractivity contribution in [3.05, 3.63) is 24.2 Å². The largest absolute Gasteiger partial charge is 0.465 e. The summed E-state index contributed by atoms with van der Waals surface area (Å²) in [6.45, 7) is 4.22. The number of pyridine rings is 1. The Hall–Kier alpha value is -1.91. The normalized spacial score (nSPS) is 16.3. The summed E-state index contributed by atoms with van der Waals surface area (Å²) in [5.74, 6) is 0.319. The fourth-order valence-corrected chi connectivity index (χ4v) is 2.58. The fraction of sp³-hybridized carbons (Fsp3) is 0.533. The molecule has 5 heteroatoms. The quantitative estimate of drug-likeness (QED) is 0.786. The minimum absolute atomic E-state index is 0.188. The van der Waals surface area contributed by atoms with Crippen LogP contribution in [0, 0.1) is 0 Å². The minimum atomic E-state index is -0.301. The molecule has 3 rings (SSSR count). The number of hydrogen-bond acceptors (Lipinski definition) is 4. The molecule has 0 aromatic carbocycles. The molecular formula is C15H19N3O2. The first-order valence-corrected chi connectivity index (χ1v) is 7.25. The van der Waals surface area contributed by atoms with Crippen LogP contribution in [0.5, 0.6) is 0 Å². The van der Waals surface area contributed by atoms with Gasteiger partial charge in [-0.05, 0) is 38.3 Å². The van der Waals surface area contributed by atoms with Gasteiger partial charge in [0.25, 0.3) is 0 Å². The standard InChI is InChI=1S/C15H19N3O2/c1-3-11(15(19)20-4-2)13-17-12-6-5-9-16-14(12)18(13)10-7-8-10/h5-6,9-11H,3-4,7-8H2,1-2H3. The Bertz CT molecular complexity index is 631. The van der Waals surface area contributed by atoms with Crippen LogP contribution in [0.1, 0.15) is 50.9 Å². The number of aromatic nitrogens is 3. The lowest BCUT2D eigenvalue weighted by atomic mass is 10.1. The van der Waals surface area contributed by atoms with Crippen molar-refractivity contribution in [2.45, 2.75) is 45.1 Å². The van der Waals surface area contributed by atoms with E-state index in [0.29, 0.717) is 19.1 Å². The van der Waals surface area contributed by atoms with Crippen LogP contribution in [0.4, 0.5) is 0 Å². The summed E-state index contributed by atoms with van der Waals surface area (Å²) >= 11 is 0. The Balaban J connectivity index is 2.09. The average molecular weight is 273 g/mol. The van der Waals surface area contributed by atoms with Crippen molar-refractivity contribution in [2.75, 3.05) is 6.61 Å². The first kappa shape index (κ1) is 13.1. The van der Waals surface area contributed by atoms with Crippen LogP contribution in [0.15, 0.2) is 18.3 Å². The number of carbonyl (C=O) groups excluding carboxylic acids is 1. The van der Waals surface area contributed by atoms with E-state index in [2.05, 4.69) is 14.5 Å². The Morgan fingerprint density at radius 2 is 2.30 bits per heavy atom. The topological polar surface area (TPSA) is 57.0 Å². The van der Waals surface area contributed by atoms with Gasteiger partial charge in [-0.3, -0.25) is 4.79 Å². The lowest BCUT2D eigenvalue weighted by Crippen LogP contribution is -2.19. The van der Waals surface area contributed by atoms with E-state index in [1.165, 1.54) is 0 Å². The van der Waals surface area contributed by atoms with E-state index in [0.717, 1.165) is 29.8 Å². The monoisotopic (exact) mass is 273 g/mol. The van der Waals surface area contributed by atoms with Gasteiger partial charge in [0.05, 0.1) is 6.61 Å². The fourth-order valence-electron chi connectivity index (χ4n) is 2.58. The highest BCUT2D eigenvalue weighted by molar-refractivity contribution is 5.80. The van der Waals surface area contributed by atoms with Crippen molar-refractivity contribution < 1.29 is 9.53 Å². The Kier molecular flexibility index (Phi) is 3.42. The summed E-state index contributed by atoms with van der Waals surface area (Å²) in [7, 11) is 0. The number of carbonyl (C=O) groups is 1. The summed E-state index contributed by atoms with van der Waals surface area (Å²) < 4.78 is 7.33. The third-order valence-electron chi connectivity index (χ3n) is 3.68. The van der Waals surface area contributed by atoms with Gasteiger partial charge in [-0.15, -0.1) is 0 Å². The number of imidazole rings is 1. The van der Waals surface area contributed by atoms with Crippen LogP contribution in [0.25, 0.3) is 11.2 Å². The molecule has 1 fully saturated rings. The predicted octanol–water partition coefficient (Wildman–Crippen LogP) is 2.82. The number of esters is 1. The van der Waals surface area contributed by atoms with E-state index < -0.39 is 0 Å². The summed E-state index contributed by atoms with van der Waals surface area (Å²) in [5.41, 5.74) is 1.74. The molecule has 5 nitrogen and oxygen atoms in total. The van der Waals surface area contributed by atoms with Crippen molar-refractivity contribution in [2.24, 2.45) is 0 Å². The SMILES string of the molecule is CCOC(=O)C(CC)c1nc2cccnc2n1C1CC1. The van der Waals surface area contributed by atoms with Gasteiger partial charge < -0.3 is 9.30 Å². The molecule has 0 spiro atoms. The molecule has 0 N–H and O–H groups in total. The van der Waals surface area contributed by atoms with Gasteiger partial charge in [0, 0.05) is 12.2 Å². The van der Waals surface area contributed by atoms with Crippen molar-refractivity contribution in [3.63, 3.8) is 0 Å². The highest BCUT2D eigenvalue weighted by Gasteiger charge is 2.34. The molecule has 0 bridgehead atoms. The molecule has 2 aromatic rings. The zero-order valence-electron chi connectivity index (χ0n) is 11.9. The molecule has 1 aliphatic rings. The third-order valence-corrected chi connectivity index (χ3v) is 3.68. The number of fused-ring (bicyclic) bond motifs is 1. The highest BCUT2D eigenvalue weighted by Crippen LogP contribution is 2.40. The van der Waals surface area contributed by atoms with Gasteiger partial charge in [-0.2, -0.15) is 0 Å². The summed E-state index contributed by atoms with van der Waals surface area (Å²) in [4.78, 5) is 21.2. The van der Waals surface area contributed by atoms with E-state index in [1.54, 1.807) is 6.20 Å². The van der Waals surface area contributed by atoms with Crippen LogP contribution < -0.4 is 0 Å². The lowest BCUT2D eigenvalue weighted by Gasteiger charge is -2.15. The zero-order chi connectivity index (χ0) is 14.1. The molecule has 0 aliphatic heterocycles. The second-order valence-corrected chi connectivity index (χ2v) is 5.13. The summed E-state index contributed by atoms with van der Waals surface area (Å²) in [6.07, 6.45) is 4.73. The van der Waals surface area contributed by atoms with E-state index in [4.69, 9.17) is 4.74 Å². The van der Waals surface area contributed by atoms with Gasteiger partial charge in [0.1, 0.15) is 17.3 Å². The molecule has 0 amide bonds. The maximum absolute atomic E-state index is 12.2. The smallest absolute Gasteiger partial charge is 0.316 e. The Morgan fingerprint density at radius 1 is 1.50 bits per heavy atom. The molecule has 2 heterocycles. The minimum Gasteiger partial charge on any atom is -0.465 e. The van der Waals surface area contributed by atoms with Crippen LogP contribution in [-0.4, -0.2) is 27.1 Å². The number of hydrogen-bond donors (Lipinski definition) is 0. The van der Waals surface area contributed by atoms with Gasteiger partial charge in [-0.1, -0.05) is 6.92 Å². The molecule has 1 aliphatic carbocycles. The van der Waals surface area contributed by atoms with E-state index in [1.807, 2.05) is 26.0 Å². The van der Waals surface area contributed by atoms with Crippen molar-refractivity contribution in [1.82, 2.24) is 14.5 Å². The molecule has 1 atom stereocenters. The van der Waals surface area contributed by atoms with Crippen LogP contribution in [0.3, 0.4) is 0 Å². The Morgan fingerprint density at radius 3 is 2.95 bits per heavy atom. The molecular weight excluding hydrogens is 254 g/mol. The predicted molar refractivity (Wildman–Crippen MR) is 75.5 cm³/mol. The van der Waals surface area contributed by atoms with E-state index in [-0.39, 0.29) is 11.9 Å². The average Bonchev–Trinajstić information content (AvgIpc) is 3.21. The third kappa shape index (κ3) is 2.17. The van der Waals surface area contributed by atoms with Gasteiger partial charge in [0.15, 0.2) is 5.65 Å². The molecule has 106 valence electrons. The van der Waals surface area contributed by atoms with Gasteiger partial charge in [0.2, 0.25) is 0 Å². The maximum Gasteiger partial charge on any atom is 0.316 e. The van der Waals surface area contributed by atoms with E-state index >= 15 is 0 Å². The molecule has 0 radical (unpaired) electrons. The molecule has 0 saturated heterocycles. The number of nitrogens with zero attached hydrogens (tertiary/aromatic N) is 3. The first-order valence-electron chi connectivity index (χ1n) is 7.25. The van der Waals surface area contributed by atoms with Gasteiger partial charge in [-0.25, -0.2) is 9.97 Å². The number of rotatable bonds is 5. The van der Waals surface area contributed by atoms with Crippen LogP contribution in [-0.2, 0) is 9.53 Å². The first-order chi connectivity index (χ1) is 9.76. The van der Waals surface area contributed by atoms with Crippen LogP contribution in [0.2, 0.25) is 0 Å². The second kappa shape index (κ2) is 5.23. The zero-order valence-corrected chi connectivity index (χ0v) is 11.9. The summed E-state index contributed by atoms with van der Waals surface area (Å²) in [5, 5.41) is 0. The number of ether oxygens (including phenoxy) is 1. The van der Waals surface area contributed by atoms with Crippen molar-refractivity contribution >= 4 is 17.1 Å². The molecule has 1 saturated carbocycles. The van der Waals surface area contributed by atoms with Crippen LogP contribution >= 0.6 is 0 Å². The van der Waals surface area contributed by atoms with Crippen molar-refractivity contribution in [1.29, 1.82) is 0 Å². The van der Waals surface area contributed by atoms with Gasteiger partial charge >= 0.3 is 5.97 Å². The maximum atomic E-state index is 12.2. The van der Waals surface area contributed by atoms with Crippen molar-refractivity contribution in [3.8, 4) is 0 Å². The summed E-state index contributed by atoms with van der Waals surface area (Å²) in [6, 6.07) is 4.26. The van der Waals surface area contributed by atoms with E-state index in [9.17, 15) is 4.79 Å².